The molecule has 0 aliphatic heterocycles. The van der Waals surface area contributed by atoms with Crippen LogP contribution in [0.25, 0.3) is 0 Å². The Bertz CT molecular complexity index is 557. The van der Waals surface area contributed by atoms with Crippen molar-refractivity contribution in [1.82, 2.24) is 9.97 Å². The van der Waals surface area contributed by atoms with Crippen LogP contribution < -0.4 is 16.0 Å². The smallest absolute Gasteiger partial charge is 0.240 e. The van der Waals surface area contributed by atoms with Crippen molar-refractivity contribution in [1.29, 1.82) is 0 Å². The molecule has 1 aromatic carbocycles. The molecule has 1 aromatic heterocycles. The van der Waals surface area contributed by atoms with Gasteiger partial charge in [-0.05, 0) is 25.1 Å². The lowest BCUT2D eigenvalue weighted by molar-refractivity contribution is 0.458. The Morgan fingerprint density at radius 1 is 1.22 bits per heavy atom. The van der Waals surface area contributed by atoms with Gasteiger partial charge in [0.1, 0.15) is 5.75 Å². The number of nitrogens with zero attached hydrogens (tertiary/aromatic N) is 2. The van der Waals surface area contributed by atoms with Gasteiger partial charge in [-0.15, -0.1) is 0 Å². The maximum absolute atomic E-state index is 5.89. The van der Waals surface area contributed by atoms with Gasteiger partial charge in [0, 0.05) is 21.8 Å². The molecule has 0 fully saturated rings. The van der Waals surface area contributed by atoms with Gasteiger partial charge in [-0.1, -0.05) is 23.2 Å². The maximum atomic E-state index is 5.89. The monoisotopic (exact) mass is 284 g/mol. The van der Waals surface area contributed by atoms with Crippen molar-refractivity contribution < 1.29 is 4.74 Å². The summed E-state index contributed by atoms with van der Waals surface area (Å²) in [6.07, 6.45) is 1.60. The summed E-state index contributed by atoms with van der Waals surface area (Å²) in [7, 11) is 0. The standard InChI is InChI=1S/C11H10Cl2N4O/c1-6-5-15-11(17-14)16-10(6)18-9-3-7(12)2-8(13)4-9/h2-5H,14H2,1H3,(H,15,16,17). The summed E-state index contributed by atoms with van der Waals surface area (Å²) >= 11 is 11.8. The minimum absolute atomic E-state index is 0.267. The van der Waals surface area contributed by atoms with Crippen LogP contribution in [0, 0.1) is 6.92 Å². The highest BCUT2D eigenvalue weighted by Gasteiger charge is 2.07. The van der Waals surface area contributed by atoms with Crippen LogP contribution in [0.2, 0.25) is 10.0 Å². The van der Waals surface area contributed by atoms with Crippen LogP contribution in [0.3, 0.4) is 0 Å². The Morgan fingerprint density at radius 2 is 1.89 bits per heavy atom. The normalized spacial score (nSPS) is 10.2. The van der Waals surface area contributed by atoms with Crippen LogP contribution in [-0.2, 0) is 0 Å². The second kappa shape index (κ2) is 5.39. The average Bonchev–Trinajstić information content (AvgIpc) is 2.30. The summed E-state index contributed by atoms with van der Waals surface area (Å²) in [6.45, 7) is 1.82. The number of benzene rings is 1. The number of halogens is 2. The van der Waals surface area contributed by atoms with E-state index in [2.05, 4.69) is 15.4 Å². The molecule has 0 aliphatic carbocycles. The van der Waals surface area contributed by atoms with Crippen molar-refractivity contribution >= 4 is 29.2 Å². The molecule has 7 heteroatoms. The van der Waals surface area contributed by atoms with Crippen molar-refractivity contribution in [3.05, 3.63) is 40.0 Å². The second-order valence-corrected chi connectivity index (χ2v) is 4.41. The summed E-state index contributed by atoms with van der Waals surface area (Å²) in [5, 5.41) is 0.975. The topological polar surface area (TPSA) is 73.1 Å². The van der Waals surface area contributed by atoms with Gasteiger partial charge in [-0.2, -0.15) is 4.98 Å². The Kier molecular flexibility index (Phi) is 3.86. The zero-order chi connectivity index (χ0) is 13.1. The van der Waals surface area contributed by atoms with Crippen LogP contribution >= 0.6 is 23.2 Å². The fourth-order valence-corrected chi connectivity index (χ4v) is 1.80. The van der Waals surface area contributed by atoms with Crippen molar-refractivity contribution in [2.75, 3.05) is 5.43 Å². The molecule has 0 spiro atoms. The number of ether oxygens (including phenoxy) is 1. The number of hydrogen-bond donors (Lipinski definition) is 2. The first-order chi connectivity index (χ1) is 8.58. The van der Waals surface area contributed by atoms with Gasteiger partial charge in [0.15, 0.2) is 0 Å². The summed E-state index contributed by atoms with van der Waals surface area (Å²) in [4.78, 5) is 8.04. The van der Waals surface area contributed by atoms with Crippen molar-refractivity contribution in [2.24, 2.45) is 5.84 Å². The molecule has 3 N–H and O–H groups in total. The summed E-state index contributed by atoms with van der Waals surface area (Å²) < 4.78 is 5.60. The first kappa shape index (κ1) is 12.9. The molecule has 0 bridgehead atoms. The van der Waals surface area contributed by atoms with Gasteiger partial charge < -0.3 is 4.74 Å². The molecule has 2 rings (SSSR count). The van der Waals surface area contributed by atoms with Crippen LogP contribution in [0.1, 0.15) is 5.56 Å². The third-order valence-electron chi connectivity index (χ3n) is 2.10. The number of aryl methyl sites for hydroxylation is 1. The molecular formula is C11H10Cl2N4O. The number of hydrogen-bond acceptors (Lipinski definition) is 5. The molecule has 0 amide bonds. The van der Waals surface area contributed by atoms with E-state index in [-0.39, 0.29) is 5.95 Å². The van der Waals surface area contributed by atoms with Crippen LogP contribution in [-0.4, -0.2) is 9.97 Å². The highest BCUT2D eigenvalue weighted by atomic mass is 35.5. The van der Waals surface area contributed by atoms with Gasteiger partial charge in [0.05, 0.1) is 0 Å². The first-order valence-electron chi connectivity index (χ1n) is 5.02. The lowest BCUT2D eigenvalue weighted by Crippen LogP contribution is -2.11. The van der Waals surface area contributed by atoms with Gasteiger partial charge in [0.2, 0.25) is 11.8 Å². The molecule has 1 heterocycles. The number of hydrazine groups is 1. The van der Waals surface area contributed by atoms with E-state index >= 15 is 0 Å². The average molecular weight is 285 g/mol. The number of aromatic nitrogens is 2. The van der Waals surface area contributed by atoms with Crippen molar-refractivity contribution in [3.63, 3.8) is 0 Å². The second-order valence-electron chi connectivity index (χ2n) is 3.53. The number of nitrogen functional groups attached to an aromatic ring is 1. The highest BCUT2D eigenvalue weighted by Crippen LogP contribution is 2.29. The summed E-state index contributed by atoms with van der Waals surface area (Å²) in [5.41, 5.74) is 3.12. The molecular weight excluding hydrogens is 275 g/mol. The van der Waals surface area contributed by atoms with E-state index in [0.29, 0.717) is 21.7 Å². The number of rotatable bonds is 3. The van der Waals surface area contributed by atoms with E-state index < -0.39 is 0 Å². The maximum Gasteiger partial charge on any atom is 0.240 e. The summed E-state index contributed by atoms with van der Waals surface area (Å²) in [5.74, 6) is 6.39. The lowest BCUT2D eigenvalue weighted by atomic mass is 10.3. The predicted octanol–water partition coefficient (Wildman–Crippen LogP) is 3.17. The SMILES string of the molecule is Cc1cnc(NN)nc1Oc1cc(Cl)cc(Cl)c1. The summed E-state index contributed by atoms with van der Waals surface area (Å²) in [6, 6.07) is 4.91. The molecule has 0 saturated heterocycles. The molecule has 0 radical (unpaired) electrons. The lowest BCUT2D eigenvalue weighted by Gasteiger charge is -2.09. The molecule has 2 aromatic rings. The Balaban J connectivity index is 2.33. The molecule has 0 atom stereocenters. The van der Waals surface area contributed by atoms with E-state index in [9.17, 15) is 0 Å². The Hall–Kier alpha value is -1.56. The third-order valence-corrected chi connectivity index (χ3v) is 2.54. The van der Waals surface area contributed by atoms with E-state index in [1.165, 1.54) is 0 Å². The van der Waals surface area contributed by atoms with E-state index in [0.717, 1.165) is 5.56 Å². The van der Waals surface area contributed by atoms with Crippen LogP contribution in [0.15, 0.2) is 24.4 Å². The van der Waals surface area contributed by atoms with Crippen LogP contribution in [0.4, 0.5) is 5.95 Å². The number of anilines is 1. The van der Waals surface area contributed by atoms with E-state index in [1.807, 2.05) is 6.92 Å². The molecule has 18 heavy (non-hydrogen) atoms. The minimum atomic E-state index is 0.267. The fraction of sp³-hybridized carbons (Fsp3) is 0.0909. The molecule has 94 valence electrons. The predicted molar refractivity (Wildman–Crippen MR) is 71.1 cm³/mol. The zero-order valence-electron chi connectivity index (χ0n) is 9.45. The third kappa shape index (κ3) is 3.01. The van der Waals surface area contributed by atoms with Crippen LogP contribution in [0.5, 0.6) is 11.6 Å². The zero-order valence-corrected chi connectivity index (χ0v) is 11.0. The largest absolute Gasteiger partial charge is 0.438 e. The van der Waals surface area contributed by atoms with E-state index in [1.54, 1.807) is 24.4 Å². The number of nitrogens with two attached hydrogens (primary N) is 1. The molecule has 0 aliphatic rings. The molecule has 0 unspecified atom stereocenters. The van der Waals surface area contributed by atoms with Crippen molar-refractivity contribution in [3.8, 4) is 11.6 Å². The van der Waals surface area contributed by atoms with Gasteiger partial charge >= 0.3 is 0 Å². The quantitative estimate of drug-likeness (QED) is 0.669. The fourth-order valence-electron chi connectivity index (χ4n) is 1.30. The van der Waals surface area contributed by atoms with Gasteiger partial charge in [-0.3, -0.25) is 5.43 Å². The molecule has 0 saturated carbocycles. The first-order valence-corrected chi connectivity index (χ1v) is 5.78. The van der Waals surface area contributed by atoms with Gasteiger partial charge in [-0.25, -0.2) is 10.8 Å². The number of nitrogens with one attached hydrogen (secondary N) is 1. The van der Waals surface area contributed by atoms with Crippen molar-refractivity contribution in [2.45, 2.75) is 6.92 Å². The highest BCUT2D eigenvalue weighted by molar-refractivity contribution is 6.34. The Labute approximate surface area is 114 Å². The minimum Gasteiger partial charge on any atom is -0.438 e. The Morgan fingerprint density at radius 3 is 2.50 bits per heavy atom. The molecule has 5 nitrogen and oxygen atoms in total. The van der Waals surface area contributed by atoms with Gasteiger partial charge in [0.25, 0.3) is 0 Å². The van der Waals surface area contributed by atoms with E-state index in [4.69, 9.17) is 33.8 Å².